The lowest BCUT2D eigenvalue weighted by Gasteiger charge is -2.28. The summed E-state index contributed by atoms with van der Waals surface area (Å²) >= 11 is 0. The molecule has 9 nitrogen and oxygen atoms in total. The molecule has 0 spiro atoms. The maximum atomic E-state index is 13.6. The number of morpholine rings is 1. The highest BCUT2D eigenvalue weighted by molar-refractivity contribution is 7.86. The molecule has 36 heavy (non-hydrogen) atoms. The minimum Gasteiger partial charge on any atom is -0.378 e. The standard InChI is InChI=1S/C26H28N6O3S/c33-25(29-20-8-9-20)28-19-6-4-18(5-7-19)24-30-21(17-22(31-24)32-13-15-35-16-14-32)26(10-11-26)36(34)23-3-1-2-12-27-23/h1-7,12,17,20H,8-11,13-16H2,(H2,28,29,33)/p+1. The Morgan fingerprint density at radius 3 is 2.50 bits per heavy atom. The van der Waals surface area contributed by atoms with Gasteiger partial charge >= 0.3 is 6.03 Å². The van der Waals surface area contributed by atoms with Crippen LogP contribution in [0.5, 0.6) is 0 Å². The third kappa shape index (κ3) is 4.83. The van der Waals surface area contributed by atoms with E-state index in [-0.39, 0.29) is 6.03 Å². The third-order valence-electron chi connectivity index (χ3n) is 6.81. The Balaban J connectivity index is 1.32. The van der Waals surface area contributed by atoms with Crippen LogP contribution in [-0.4, -0.2) is 53.3 Å². The molecule has 0 bridgehead atoms. The van der Waals surface area contributed by atoms with Crippen LogP contribution in [0.2, 0.25) is 0 Å². The van der Waals surface area contributed by atoms with Gasteiger partial charge in [0.15, 0.2) is 10.6 Å². The van der Waals surface area contributed by atoms with Crippen LogP contribution in [-0.2, 0) is 24.5 Å². The highest BCUT2D eigenvalue weighted by atomic mass is 32.2. The van der Waals surface area contributed by atoms with Gasteiger partial charge in [-0.25, -0.2) is 19.7 Å². The molecular weight excluding hydrogens is 476 g/mol. The second kappa shape index (κ2) is 9.59. The predicted molar refractivity (Wildman–Crippen MR) is 139 cm³/mol. The maximum Gasteiger partial charge on any atom is 0.319 e. The van der Waals surface area contributed by atoms with Crippen LogP contribution in [0.15, 0.2) is 59.8 Å². The summed E-state index contributed by atoms with van der Waals surface area (Å²) in [5.41, 5.74) is 2.34. The minimum atomic E-state index is -1.76. The van der Waals surface area contributed by atoms with Crippen LogP contribution in [0.4, 0.5) is 16.3 Å². The number of pyridine rings is 1. The molecule has 2 amide bonds. The second-order valence-corrected chi connectivity index (χ2v) is 11.4. The molecular formula is C26H29N6O3S+. The number of benzene rings is 1. The number of rotatable bonds is 7. The molecule has 2 N–H and O–H groups in total. The smallest absolute Gasteiger partial charge is 0.319 e. The van der Waals surface area contributed by atoms with Gasteiger partial charge in [-0.1, -0.05) is 10.3 Å². The number of hydrogen-bond donors (Lipinski definition) is 2. The first kappa shape index (κ1) is 23.1. The maximum absolute atomic E-state index is 13.6. The first-order valence-electron chi connectivity index (χ1n) is 12.4. The van der Waals surface area contributed by atoms with E-state index in [9.17, 15) is 9.00 Å². The monoisotopic (exact) mass is 505 g/mol. The molecule has 6 rings (SSSR count). The number of aromatic nitrogens is 3. The molecule has 3 aliphatic rings. The zero-order valence-corrected chi connectivity index (χ0v) is 20.8. The zero-order valence-electron chi connectivity index (χ0n) is 19.9. The van der Waals surface area contributed by atoms with Crippen molar-refractivity contribution in [3.05, 3.63) is 60.4 Å². The van der Waals surface area contributed by atoms with E-state index >= 15 is 0 Å². The van der Waals surface area contributed by atoms with Gasteiger partial charge in [0.05, 0.1) is 13.2 Å². The Morgan fingerprint density at radius 2 is 1.83 bits per heavy atom. The summed E-state index contributed by atoms with van der Waals surface area (Å²) in [7, 11) is -1.76. The van der Waals surface area contributed by atoms with Crippen molar-refractivity contribution in [2.45, 2.75) is 41.5 Å². The molecule has 2 saturated carbocycles. The number of carbonyl (C=O) groups is 1. The number of amides is 2. The van der Waals surface area contributed by atoms with Gasteiger partial charge in [-0.05, 0) is 43.2 Å². The van der Waals surface area contributed by atoms with E-state index in [4.69, 9.17) is 14.7 Å². The lowest BCUT2D eigenvalue weighted by molar-refractivity contribution is 0.122. The molecule has 186 valence electrons. The van der Waals surface area contributed by atoms with E-state index in [1.807, 2.05) is 48.5 Å². The van der Waals surface area contributed by atoms with Crippen LogP contribution in [0.3, 0.4) is 0 Å². The Labute approximate surface area is 212 Å². The van der Waals surface area contributed by atoms with Gasteiger partial charge in [0.1, 0.15) is 22.3 Å². The first-order chi connectivity index (χ1) is 17.6. The van der Waals surface area contributed by atoms with E-state index in [2.05, 4.69) is 20.5 Å². The van der Waals surface area contributed by atoms with Crippen LogP contribution in [0.25, 0.3) is 11.4 Å². The Kier molecular flexibility index (Phi) is 6.14. The van der Waals surface area contributed by atoms with Crippen molar-refractivity contribution in [1.82, 2.24) is 20.3 Å². The van der Waals surface area contributed by atoms with E-state index in [1.165, 1.54) is 0 Å². The van der Waals surface area contributed by atoms with E-state index in [0.717, 1.165) is 55.8 Å². The van der Waals surface area contributed by atoms with Crippen molar-refractivity contribution in [2.75, 3.05) is 36.5 Å². The summed E-state index contributed by atoms with van der Waals surface area (Å²) < 4.78 is 18.7. The summed E-state index contributed by atoms with van der Waals surface area (Å²) in [6, 6.07) is 15.2. The fourth-order valence-corrected chi connectivity index (χ4v) is 6.09. The number of nitrogens with one attached hydrogen (secondary N) is 2. The minimum absolute atomic E-state index is 0.188. The molecule has 3 heterocycles. The molecule has 10 heteroatoms. The lowest BCUT2D eigenvalue weighted by Crippen LogP contribution is -2.37. The van der Waals surface area contributed by atoms with E-state index in [0.29, 0.717) is 35.8 Å². The highest BCUT2D eigenvalue weighted by Gasteiger charge is 2.58. The van der Waals surface area contributed by atoms with Crippen molar-refractivity contribution < 1.29 is 13.7 Å². The number of carbonyl (C=O) groups excluding carboxylic acids is 1. The van der Waals surface area contributed by atoms with Gasteiger partial charge in [-0.15, -0.1) is 0 Å². The topological polar surface area (TPSA) is 109 Å². The van der Waals surface area contributed by atoms with Crippen LogP contribution >= 0.6 is 0 Å². The van der Waals surface area contributed by atoms with Gasteiger partial charge in [0.2, 0.25) is 5.03 Å². The number of ether oxygens (including phenoxy) is 1. The molecule has 1 aliphatic heterocycles. The highest BCUT2D eigenvalue weighted by Crippen LogP contribution is 2.53. The average Bonchev–Trinajstić information content (AvgIpc) is 3.86. The zero-order chi connectivity index (χ0) is 24.5. The summed E-state index contributed by atoms with van der Waals surface area (Å²) in [5, 5.41) is 6.41. The first-order valence-corrected chi connectivity index (χ1v) is 13.7. The lowest BCUT2D eigenvalue weighted by atomic mass is 10.1. The number of nitrogens with zero attached hydrogens (tertiary/aromatic N) is 4. The Morgan fingerprint density at radius 1 is 1.06 bits per heavy atom. The van der Waals surface area contributed by atoms with Gasteiger partial charge in [0, 0.05) is 61.6 Å². The average molecular weight is 506 g/mol. The predicted octanol–water partition coefficient (Wildman–Crippen LogP) is 3.40. The van der Waals surface area contributed by atoms with Crippen LogP contribution in [0.1, 0.15) is 31.4 Å². The number of hydrogen-bond acceptors (Lipinski definition) is 7. The van der Waals surface area contributed by atoms with Gasteiger partial charge in [0.25, 0.3) is 0 Å². The second-order valence-electron chi connectivity index (χ2n) is 9.50. The Hall–Kier alpha value is -3.37. The molecule has 1 unspecified atom stereocenters. The number of anilines is 2. The molecule has 1 atom stereocenters. The van der Waals surface area contributed by atoms with Crippen molar-refractivity contribution in [3.63, 3.8) is 0 Å². The van der Waals surface area contributed by atoms with Gasteiger partial charge in [-0.2, -0.15) is 0 Å². The number of urea groups is 1. The van der Waals surface area contributed by atoms with Crippen molar-refractivity contribution in [1.29, 1.82) is 0 Å². The molecule has 1 aromatic carbocycles. The molecule has 1 saturated heterocycles. The molecule has 2 aliphatic carbocycles. The fourth-order valence-electron chi connectivity index (χ4n) is 4.41. The van der Waals surface area contributed by atoms with Gasteiger partial charge in [-0.3, -0.25) is 0 Å². The van der Waals surface area contributed by atoms with Crippen molar-refractivity contribution >= 4 is 28.3 Å². The van der Waals surface area contributed by atoms with Crippen LogP contribution in [0, 0.1) is 0 Å². The van der Waals surface area contributed by atoms with Crippen molar-refractivity contribution in [2.24, 2.45) is 0 Å². The molecule has 0 radical (unpaired) electrons. The Bertz CT molecular complexity index is 1270. The van der Waals surface area contributed by atoms with Gasteiger partial charge < -0.3 is 20.3 Å². The molecule has 3 fully saturated rings. The van der Waals surface area contributed by atoms with Crippen LogP contribution < -0.4 is 15.5 Å². The summed E-state index contributed by atoms with van der Waals surface area (Å²) in [6.07, 6.45) is 5.37. The third-order valence-corrected chi connectivity index (χ3v) is 8.94. The van der Waals surface area contributed by atoms with Crippen molar-refractivity contribution in [3.8, 4) is 11.4 Å². The van der Waals surface area contributed by atoms with E-state index < -0.39 is 15.5 Å². The quantitative estimate of drug-likeness (QED) is 0.374. The van der Waals surface area contributed by atoms with E-state index in [1.54, 1.807) is 6.20 Å². The normalized spacial score (nSPS) is 19.4. The summed E-state index contributed by atoms with van der Waals surface area (Å²) in [5.74, 6) is 1.40. The summed E-state index contributed by atoms with van der Waals surface area (Å²) in [4.78, 5) is 28.5. The largest absolute Gasteiger partial charge is 0.378 e. The number of thiol groups is 1. The molecule has 2 aromatic heterocycles. The SMILES string of the molecule is O=C(Nc1ccc(-c2nc(N3CCOCC3)cc(C3([SH+](=O)c4ccccn4)CC3)n2)cc1)NC1CC1. The molecule has 3 aromatic rings. The summed E-state index contributed by atoms with van der Waals surface area (Å²) in [6.45, 7) is 2.78. The fraction of sp³-hybridized carbons (Fsp3) is 0.385.